The van der Waals surface area contributed by atoms with Crippen LogP contribution in [0.1, 0.15) is 34.9 Å². The van der Waals surface area contributed by atoms with Gasteiger partial charge in [0.25, 0.3) is 11.5 Å². The molecule has 1 fully saturated rings. The molecule has 1 aliphatic heterocycles. The minimum atomic E-state index is -0.261. The summed E-state index contributed by atoms with van der Waals surface area (Å²) in [6.45, 7) is 2.11. The Bertz CT molecular complexity index is 1360. The minimum absolute atomic E-state index is 0.209. The van der Waals surface area contributed by atoms with Gasteiger partial charge < -0.3 is 19.4 Å². The molecule has 1 unspecified atom stereocenters. The van der Waals surface area contributed by atoms with Gasteiger partial charge in [0.15, 0.2) is 0 Å². The summed E-state index contributed by atoms with van der Waals surface area (Å²) in [5.41, 5.74) is 2.13. The van der Waals surface area contributed by atoms with Crippen LogP contribution in [-0.2, 0) is 16.0 Å². The zero-order valence-corrected chi connectivity index (χ0v) is 19.0. The number of amides is 1. The number of ether oxygens (including phenoxy) is 2. The van der Waals surface area contributed by atoms with Crippen LogP contribution in [0, 0.1) is 5.92 Å². The SMILES string of the molecule is COCCn1c(C(=O)NC(c2cccnc2)C2CCOCC2)cc2c(=O)n3ccccc3nc21. The Morgan fingerprint density at radius 3 is 2.88 bits per heavy atom. The smallest absolute Gasteiger partial charge is 0.268 e. The van der Waals surface area contributed by atoms with E-state index in [9.17, 15) is 9.59 Å². The molecule has 0 bridgehead atoms. The molecular weight excluding hydrogens is 434 g/mol. The van der Waals surface area contributed by atoms with E-state index < -0.39 is 0 Å². The number of nitrogens with zero attached hydrogens (tertiary/aromatic N) is 4. The monoisotopic (exact) mass is 461 g/mol. The van der Waals surface area contributed by atoms with Gasteiger partial charge in [-0.15, -0.1) is 0 Å². The highest BCUT2D eigenvalue weighted by molar-refractivity contribution is 5.98. The molecule has 1 atom stereocenters. The van der Waals surface area contributed by atoms with Gasteiger partial charge in [-0.05, 0) is 48.6 Å². The van der Waals surface area contributed by atoms with Crippen LogP contribution in [0.2, 0.25) is 0 Å². The van der Waals surface area contributed by atoms with Gasteiger partial charge in [-0.1, -0.05) is 12.1 Å². The summed E-state index contributed by atoms with van der Waals surface area (Å²) in [5, 5.41) is 3.62. The van der Waals surface area contributed by atoms with Crippen LogP contribution in [0.4, 0.5) is 0 Å². The van der Waals surface area contributed by atoms with Crippen molar-refractivity contribution in [3.05, 3.63) is 76.6 Å². The summed E-state index contributed by atoms with van der Waals surface area (Å²) in [6.07, 6.45) is 6.89. The molecule has 1 amide bonds. The Morgan fingerprint density at radius 2 is 2.12 bits per heavy atom. The second kappa shape index (κ2) is 9.74. The van der Waals surface area contributed by atoms with Crippen LogP contribution in [0.15, 0.2) is 59.8 Å². The highest BCUT2D eigenvalue weighted by Crippen LogP contribution is 2.30. The first kappa shape index (κ1) is 22.2. The highest BCUT2D eigenvalue weighted by Gasteiger charge is 2.29. The van der Waals surface area contributed by atoms with E-state index in [-0.39, 0.29) is 23.4 Å². The average Bonchev–Trinajstić information content (AvgIpc) is 3.26. The minimum Gasteiger partial charge on any atom is -0.383 e. The first-order valence-corrected chi connectivity index (χ1v) is 11.5. The van der Waals surface area contributed by atoms with Crippen LogP contribution in [-0.4, -0.2) is 51.8 Å². The van der Waals surface area contributed by atoms with E-state index in [0.717, 1.165) is 18.4 Å². The van der Waals surface area contributed by atoms with Crippen LogP contribution in [0.3, 0.4) is 0 Å². The molecule has 5 heterocycles. The highest BCUT2D eigenvalue weighted by atomic mass is 16.5. The number of fused-ring (bicyclic) bond motifs is 2. The van der Waals surface area contributed by atoms with Crippen molar-refractivity contribution in [2.24, 2.45) is 5.92 Å². The van der Waals surface area contributed by atoms with E-state index in [2.05, 4.69) is 15.3 Å². The van der Waals surface area contributed by atoms with Crippen molar-refractivity contribution in [1.29, 1.82) is 0 Å². The van der Waals surface area contributed by atoms with Gasteiger partial charge in [0, 0.05) is 45.5 Å². The van der Waals surface area contributed by atoms with Gasteiger partial charge in [-0.3, -0.25) is 19.0 Å². The van der Waals surface area contributed by atoms with Crippen molar-refractivity contribution in [2.75, 3.05) is 26.9 Å². The third-order valence-corrected chi connectivity index (χ3v) is 6.40. The molecule has 0 aromatic carbocycles. The normalized spacial score (nSPS) is 15.6. The molecule has 34 heavy (non-hydrogen) atoms. The van der Waals surface area contributed by atoms with Crippen LogP contribution >= 0.6 is 0 Å². The predicted molar refractivity (Wildman–Crippen MR) is 127 cm³/mol. The second-order valence-corrected chi connectivity index (χ2v) is 8.44. The zero-order valence-electron chi connectivity index (χ0n) is 19.0. The topological polar surface area (TPSA) is 99.7 Å². The van der Waals surface area contributed by atoms with Gasteiger partial charge >= 0.3 is 0 Å². The van der Waals surface area contributed by atoms with E-state index in [1.807, 2.05) is 18.2 Å². The summed E-state index contributed by atoms with van der Waals surface area (Å²) >= 11 is 0. The second-order valence-electron chi connectivity index (χ2n) is 8.44. The van der Waals surface area contributed by atoms with E-state index >= 15 is 0 Å². The number of carbonyl (C=O) groups excluding carboxylic acids is 1. The number of rotatable bonds is 7. The van der Waals surface area contributed by atoms with Crippen LogP contribution in [0.5, 0.6) is 0 Å². The molecule has 0 aliphatic carbocycles. The van der Waals surface area contributed by atoms with Crippen LogP contribution in [0.25, 0.3) is 16.7 Å². The molecular formula is C25H27N5O4. The third kappa shape index (κ3) is 4.20. The lowest BCUT2D eigenvalue weighted by Gasteiger charge is -2.31. The first-order chi connectivity index (χ1) is 16.7. The molecule has 1 aliphatic rings. The summed E-state index contributed by atoms with van der Waals surface area (Å²) in [7, 11) is 1.60. The fraction of sp³-hybridized carbons (Fsp3) is 0.360. The number of hydrogen-bond acceptors (Lipinski definition) is 6. The number of nitrogens with one attached hydrogen (secondary N) is 1. The van der Waals surface area contributed by atoms with E-state index in [0.29, 0.717) is 48.7 Å². The number of methoxy groups -OCH3 is 1. The quantitative estimate of drug-likeness (QED) is 0.454. The molecule has 5 rings (SSSR count). The zero-order chi connectivity index (χ0) is 23.5. The van der Waals surface area contributed by atoms with Gasteiger partial charge in [0.05, 0.1) is 18.0 Å². The molecule has 9 heteroatoms. The van der Waals surface area contributed by atoms with Gasteiger partial charge in [-0.25, -0.2) is 4.98 Å². The van der Waals surface area contributed by atoms with Crippen molar-refractivity contribution in [2.45, 2.75) is 25.4 Å². The fourth-order valence-corrected chi connectivity index (χ4v) is 4.65. The third-order valence-electron chi connectivity index (χ3n) is 6.40. The predicted octanol–water partition coefficient (Wildman–Crippen LogP) is 2.59. The lowest BCUT2D eigenvalue weighted by Crippen LogP contribution is -2.37. The number of hydrogen-bond donors (Lipinski definition) is 1. The van der Waals surface area contributed by atoms with Crippen molar-refractivity contribution >= 4 is 22.6 Å². The van der Waals surface area contributed by atoms with Gasteiger partial charge in [-0.2, -0.15) is 0 Å². The molecule has 176 valence electrons. The summed E-state index contributed by atoms with van der Waals surface area (Å²) in [5.74, 6) is -0.0343. The van der Waals surface area contributed by atoms with Crippen molar-refractivity contribution < 1.29 is 14.3 Å². The lowest BCUT2D eigenvalue weighted by molar-refractivity contribution is 0.0512. The maximum Gasteiger partial charge on any atom is 0.268 e. The molecule has 4 aromatic heterocycles. The standard InChI is InChI=1S/C25H27N5O4/c1-33-14-11-29-20(15-19-23(29)27-21-6-2-3-10-30(21)25(19)32)24(31)28-22(17-7-12-34-13-8-17)18-5-4-9-26-16-18/h2-6,9-10,15-17,22H,7-8,11-14H2,1H3,(H,28,31). The Labute approximate surface area is 196 Å². The summed E-state index contributed by atoms with van der Waals surface area (Å²) in [6, 6.07) is 10.7. The van der Waals surface area contributed by atoms with Crippen molar-refractivity contribution in [3.8, 4) is 0 Å². The lowest BCUT2D eigenvalue weighted by atomic mass is 9.87. The van der Waals surface area contributed by atoms with Crippen molar-refractivity contribution in [3.63, 3.8) is 0 Å². The number of aromatic nitrogens is 4. The average molecular weight is 462 g/mol. The summed E-state index contributed by atoms with van der Waals surface area (Å²) < 4.78 is 14.1. The van der Waals surface area contributed by atoms with Gasteiger partial charge in [0.2, 0.25) is 0 Å². The van der Waals surface area contributed by atoms with Crippen molar-refractivity contribution in [1.82, 2.24) is 24.3 Å². The first-order valence-electron chi connectivity index (χ1n) is 11.5. The fourth-order valence-electron chi connectivity index (χ4n) is 4.65. The van der Waals surface area contributed by atoms with E-state index in [1.54, 1.807) is 48.5 Å². The Balaban J connectivity index is 1.57. The Morgan fingerprint density at radius 1 is 1.26 bits per heavy atom. The molecule has 0 saturated carbocycles. The molecule has 0 radical (unpaired) electrons. The molecule has 9 nitrogen and oxygen atoms in total. The maximum atomic E-state index is 13.7. The Kier molecular flexibility index (Phi) is 6.37. The molecule has 1 saturated heterocycles. The van der Waals surface area contributed by atoms with E-state index in [4.69, 9.17) is 9.47 Å². The molecule has 0 spiro atoms. The molecule has 4 aromatic rings. The number of carbonyl (C=O) groups is 1. The Hall–Kier alpha value is -3.56. The maximum absolute atomic E-state index is 13.7. The van der Waals surface area contributed by atoms with Gasteiger partial charge in [0.1, 0.15) is 17.0 Å². The van der Waals surface area contributed by atoms with Crippen LogP contribution < -0.4 is 10.9 Å². The number of pyridine rings is 2. The van der Waals surface area contributed by atoms with E-state index in [1.165, 1.54) is 4.40 Å². The summed E-state index contributed by atoms with van der Waals surface area (Å²) in [4.78, 5) is 35.8. The molecule has 1 N–H and O–H groups in total. The largest absolute Gasteiger partial charge is 0.383 e.